The Morgan fingerprint density at radius 2 is 2.00 bits per heavy atom. The van der Waals surface area contributed by atoms with Crippen LogP contribution >= 0.6 is 34.4 Å². The molecular formula is C19H16N4O2S3. The first-order valence-electron chi connectivity index (χ1n) is 8.45. The zero-order valence-electron chi connectivity index (χ0n) is 15.1. The highest BCUT2D eigenvalue weighted by molar-refractivity contribution is 8.00. The molecule has 1 amide bonds. The van der Waals surface area contributed by atoms with Crippen LogP contribution in [-0.4, -0.2) is 25.7 Å². The Balaban J connectivity index is 1.50. The lowest BCUT2D eigenvalue weighted by molar-refractivity contribution is -0.115. The number of carbonyl (C=O) groups excluding carboxylic acids is 1. The van der Waals surface area contributed by atoms with Crippen molar-refractivity contribution in [3.05, 3.63) is 57.5 Å². The summed E-state index contributed by atoms with van der Waals surface area (Å²) in [6.07, 6.45) is 0. The second-order valence-corrected chi connectivity index (χ2v) is 9.15. The van der Waals surface area contributed by atoms with Gasteiger partial charge >= 0.3 is 0 Å². The van der Waals surface area contributed by atoms with Crippen molar-refractivity contribution in [2.75, 3.05) is 5.32 Å². The van der Waals surface area contributed by atoms with Gasteiger partial charge in [0.2, 0.25) is 5.91 Å². The van der Waals surface area contributed by atoms with E-state index < -0.39 is 5.25 Å². The van der Waals surface area contributed by atoms with E-state index in [2.05, 4.69) is 15.3 Å². The molecule has 9 heteroatoms. The number of aromatic nitrogens is 3. The van der Waals surface area contributed by atoms with Crippen molar-refractivity contribution < 1.29 is 4.79 Å². The third kappa shape index (κ3) is 3.73. The topological polar surface area (TPSA) is 76.9 Å². The van der Waals surface area contributed by atoms with E-state index in [1.807, 2.05) is 35.0 Å². The summed E-state index contributed by atoms with van der Waals surface area (Å²) in [4.78, 5) is 35.2. The van der Waals surface area contributed by atoms with E-state index in [0.29, 0.717) is 21.2 Å². The number of rotatable bonds is 5. The molecule has 1 atom stereocenters. The molecule has 28 heavy (non-hydrogen) atoms. The molecule has 0 aliphatic heterocycles. The first-order valence-corrected chi connectivity index (χ1v) is 11.1. The van der Waals surface area contributed by atoms with Crippen molar-refractivity contribution in [3.63, 3.8) is 0 Å². The number of fused-ring (bicyclic) bond motifs is 1. The van der Waals surface area contributed by atoms with Gasteiger partial charge in [0.25, 0.3) is 5.56 Å². The molecule has 4 aromatic rings. The van der Waals surface area contributed by atoms with Gasteiger partial charge in [-0.25, -0.2) is 9.97 Å². The second kappa shape index (κ2) is 7.86. The van der Waals surface area contributed by atoms with Gasteiger partial charge in [0.1, 0.15) is 0 Å². The van der Waals surface area contributed by atoms with Crippen LogP contribution in [0.4, 0.5) is 5.13 Å². The number of thiophene rings is 1. The van der Waals surface area contributed by atoms with Crippen LogP contribution in [0.1, 0.15) is 6.92 Å². The smallest absolute Gasteiger partial charge is 0.261 e. The molecule has 3 heterocycles. The second-order valence-electron chi connectivity index (χ2n) is 6.04. The Labute approximate surface area is 173 Å². The highest BCUT2D eigenvalue weighted by Gasteiger charge is 2.19. The number of anilines is 1. The molecule has 1 aromatic carbocycles. The summed E-state index contributed by atoms with van der Waals surface area (Å²) in [7, 11) is 1.67. The Morgan fingerprint density at radius 1 is 1.18 bits per heavy atom. The third-order valence-electron chi connectivity index (χ3n) is 4.10. The normalized spacial score (nSPS) is 12.2. The van der Waals surface area contributed by atoms with Crippen molar-refractivity contribution in [1.82, 2.24) is 14.5 Å². The summed E-state index contributed by atoms with van der Waals surface area (Å²) < 4.78 is 1.48. The van der Waals surface area contributed by atoms with Crippen molar-refractivity contribution in [3.8, 4) is 10.6 Å². The summed E-state index contributed by atoms with van der Waals surface area (Å²) in [5.41, 5.74) is 1.36. The maximum atomic E-state index is 12.6. The number of carbonyl (C=O) groups is 1. The molecule has 0 saturated heterocycles. The largest absolute Gasteiger partial charge is 0.301 e. The van der Waals surface area contributed by atoms with Gasteiger partial charge in [0.05, 0.1) is 26.7 Å². The van der Waals surface area contributed by atoms with Crippen LogP contribution in [0.3, 0.4) is 0 Å². The molecule has 1 N–H and O–H groups in total. The number of amides is 1. The van der Waals surface area contributed by atoms with E-state index in [4.69, 9.17) is 0 Å². The predicted molar refractivity (Wildman–Crippen MR) is 116 cm³/mol. The van der Waals surface area contributed by atoms with Crippen LogP contribution in [0, 0.1) is 0 Å². The number of nitrogens with zero attached hydrogens (tertiary/aromatic N) is 3. The molecular weight excluding hydrogens is 412 g/mol. The number of benzene rings is 1. The van der Waals surface area contributed by atoms with Crippen molar-refractivity contribution in [2.24, 2.45) is 7.05 Å². The zero-order valence-corrected chi connectivity index (χ0v) is 17.5. The zero-order chi connectivity index (χ0) is 19.7. The van der Waals surface area contributed by atoms with E-state index in [9.17, 15) is 9.59 Å². The highest BCUT2D eigenvalue weighted by atomic mass is 32.2. The third-order valence-corrected chi connectivity index (χ3v) is 6.90. The molecule has 0 aliphatic rings. The van der Waals surface area contributed by atoms with Gasteiger partial charge in [-0.05, 0) is 30.5 Å². The maximum Gasteiger partial charge on any atom is 0.261 e. The molecule has 0 aliphatic carbocycles. The molecule has 0 saturated carbocycles. The van der Waals surface area contributed by atoms with Gasteiger partial charge in [0, 0.05) is 12.4 Å². The molecule has 4 rings (SSSR count). The first kappa shape index (κ1) is 18.9. The predicted octanol–water partition coefficient (Wildman–Crippen LogP) is 4.24. The summed E-state index contributed by atoms with van der Waals surface area (Å²) >= 11 is 4.25. The summed E-state index contributed by atoms with van der Waals surface area (Å²) in [6.45, 7) is 1.79. The van der Waals surface area contributed by atoms with Gasteiger partial charge in [-0.2, -0.15) is 0 Å². The van der Waals surface area contributed by atoms with Crippen LogP contribution in [-0.2, 0) is 11.8 Å². The van der Waals surface area contributed by atoms with Crippen LogP contribution in [0.2, 0.25) is 0 Å². The number of thiazole rings is 1. The summed E-state index contributed by atoms with van der Waals surface area (Å²) in [5.74, 6) is -0.181. The van der Waals surface area contributed by atoms with E-state index >= 15 is 0 Å². The fourth-order valence-electron chi connectivity index (χ4n) is 2.59. The Kier molecular flexibility index (Phi) is 5.29. The van der Waals surface area contributed by atoms with Crippen LogP contribution in [0.15, 0.2) is 57.1 Å². The highest BCUT2D eigenvalue weighted by Crippen LogP contribution is 2.29. The molecule has 6 nitrogen and oxygen atoms in total. The van der Waals surface area contributed by atoms with E-state index in [1.165, 1.54) is 27.7 Å². The SMILES string of the molecule is CC(Sc1nc2ccccc2c(=O)n1C)C(=O)Nc1nc(-c2cccs2)cs1. The van der Waals surface area contributed by atoms with Crippen molar-refractivity contribution in [2.45, 2.75) is 17.3 Å². The maximum absolute atomic E-state index is 12.6. The molecule has 1 unspecified atom stereocenters. The number of thioether (sulfide) groups is 1. The lowest BCUT2D eigenvalue weighted by Gasteiger charge is -2.13. The monoisotopic (exact) mass is 428 g/mol. The molecule has 0 fully saturated rings. The van der Waals surface area contributed by atoms with Crippen molar-refractivity contribution in [1.29, 1.82) is 0 Å². The lowest BCUT2D eigenvalue weighted by Crippen LogP contribution is -2.25. The number of hydrogen-bond acceptors (Lipinski definition) is 7. The minimum atomic E-state index is -0.437. The summed E-state index contributed by atoms with van der Waals surface area (Å²) in [6, 6.07) is 11.2. The minimum Gasteiger partial charge on any atom is -0.301 e. The fourth-order valence-corrected chi connectivity index (χ4v) is 4.94. The van der Waals surface area contributed by atoms with Gasteiger partial charge in [-0.15, -0.1) is 22.7 Å². The van der Waals surface area contributed by atoms with E-state index in [0.717, 1.165) is 10.6 Å². The average Bonchev–Trinajstić information content (AvgIpc) is 3.37. The number of nitrogens with one attached hydrogen (secondary N) is 1. The standard InChI is InChI=1S/C19H16N4O2S3/c1-11(16(24)22-18-20-14(10-27-18)15-8-5-9-26-15)28-19-21-13-7-4-3-6-12(13)17(25)23(19)2/h3-11H,1-2H3,(H,20,22,24). The van der Waals surface area contributed by atoms with Gasteiger partial charge < -0.3 is 5.32 Å². The molecule has 3 aromatic heterocycles. The molecule has 0 bridgehead atoms. The van der Waals surface area contributed by atoms with Crippen molar-refractivity contribution >= 4 is 56.4 Å². The van der Waals surface area contributed by atoms with Crippen LogP contribution in [0.5, 0.6) is 0 Å². The Hall–Kier alpha value is -2.49. The van der Waals surface area contributed by atoms with Crippen LogP contribution in [0.25, 0.3) is 21.5 Å². The molecule has 0 radical (unpaired) electrons. The summed E-state index contributed by atoms with van der Waals surface area (Å²) in [5, 5.41) is 7.96. The Morgan fingerprint density at radius 3 is 2.79 bits per heavy atom. The number of hydrogen-bond donors (Lipinski definition) is 1. The quantitative estimate of drug-likeness (QED) is 0.380. The van der Waals surface area contributed by atoms with Gasteiger partial charge in [-0.3, -0.25) is 14.2 Å². The molecule has 0 spiro atoms. The van der Waals surface area contributed by atoms with Crippen LogP contribution < -0.4 is 10.9 Å². The lowest BCUT2D eigenvalue weighted by atomic mass is 10.2. The average molecular weight is 429 g/mol. The molecule has 142 valence electrons. The first-order chi connectivity index (χ1) is 13.5. The fraction of sp³-hybridized carbons (Fsp3) is 0.158. The number of para-hydroxylation sites is 1. The van der Waals surface area contributed by atoms with Gasteiger partial charge in [-0.1, -0.05) is 30.0 Å². The van der Waals surface area contributed by atoms with E-state index in [1.54, 1.807) is 37.4 Å². The van der Waals surface area contributed by atoms with E-state index in [-0.39, 0.29) is 11.5 Å². The minimum absolute atomic E-state index is 0.124. The van der Waals surface area contributed by atoms with Gasteiger partial charge in [0.15, 0.2) is 10.3 Å². The Bertz CT molecular complexity index is 1200.